The molecule has 0 fully saturated rings. The van der Waals surface area contributed by atoms with Crippen molar-refractivity contribution >= 4 is 25.2 Å². The summed E-state index contributed by atoms with van der Waals surface area (Å²) in [6, 6.07) is 0.961. The van der Waals surface area contributed by atoms with Crippen LogP contribution < -0.4 is 0 Å². The fourth-order valence-corrected chi connectivity index (χ4v) is 16.1. The number of rotatable bonds is 20. The summed E-state index contributed by atoms with van der Waals surface area (Å²) in [5.74, 6) is 0.399. The van der Waals surface area contributed by atoms with E-state index < -0.39 is 25.2 Å². The first-order chi connectivity index (χ1) is 13.9. The van der Waals surface area contributed by atoms with Gasteiger partial charge in [-0.1, -0.05) is 6.92 Å². The molecule has 0 heterocycles. The molecular weight excluding hydrogens is 436 g/mol. The fraction of sp³-hybridized carbons (Fsp3) is 1.00. The van der Waals surface area contributed by atoms with Crippen LogP contribution in [0.15, 0.2) is 0 Å². The van der Waals surface area contributed by atoms with Gasteiger partial charge in [-0.2, -0.15) is 0 Å². The van der Waals surface area contributed by atoms with Gasteiger partial charge in [0.15, 0.2) is 16.6 Å². The molecule has 10 heteroatoms. The van der Waals surface area contributed by atoms with E-state index in [2.05, 4.69) is 52.8 Å². The highest BCUT2D eigenvalue weighted by molar-refractivity contribution is 6.87. The lowest BCUT2D eigenvalue weighted by atomic mass is 10.2. The highest BCUT2D eigenvalue weighted by Crippen LogP contribution is 2.27. The van der Waals surface area contributed by atoms with Crippen molar-refractivity contribution in [2.45, 2.75) is 58.8 Å². The predicted octanol–water partition coefficient (Wildman–Crippen LogP) is 4.11. The van der Waals surface area contributed by atoms with Crippen LogP contribution in [0.1, 0.15) is 6.92 Å². The Morgan fingerprint density at radius 3 is 1.30 bits per heavy atom. The van der Waals surface area contributed by atoms with Gasteiger partial charge < -0.3 is 31.9 Å². The Morgan fingerprint density at radius 2 is 0.933 bits per heavy atom. The maximum absolute atomic E-state index is 6.57. The monoisotopic (exact) mass is 484 g/mol. The molecule has 0 aliphatic heterocycles. The van der Waals surface area contributed by atoms with E-state index in [1.54, 1.807) is 7.11 Å². The van der Waals surface area contributed by atoms with Gasteiger partial charge >= 0.3 is 8.56 Å². The molecular formula is C20H48O7Si3. The molecule has 1 unspecified atom stereocenters. The molecule has 0 aromatic heterocycles. The van der Waals surface area contributed by atoms with Crippen molar-refractivity contribution in [1.82, 2.24) is 0 Å². The number of hydrogen-bond acceptors (Lipinski definition) is 7. The second kappa shape index (κ2) is 16.1. The van der Waals surface area contributed by atoms with Crippen molar-refractivity contribution in [2.24, 2.45) is 5.92 Å². The van der Waals surface area contributed by atoms with Crippen LogP contribution in [0.25, 0.3) is 0 Å². The lowest BCUT2D eigenvalue weighted by molar-refractivity contribution is -0.00998. The molecule has 0 spiro atoms. The smallest absolute Gasteiger partial charge is 0.314 e. The molecule has 0 saturated carbocycles. The highest BCUT2D eigenvalue weighted by atomic mass is 28.5. The van der Waals surface area contributed by atoms with Gasteiger partial charge in [-0.05, 0) is 57.8 Å². The molecule has 30 heavy (non-hydrogen) atoms. The highest BCUT2D eigenvalue weighted by Gasteiger charge is 2.41. The van der Waals surface area contributed by atoms with Crippen LogP contribution in [0.4, 0.5) is 0 Å². The van der Waals surface area contributed by atoms with Gasteiger partial charge in [-0.3, -0.25) is 0 Å². The summed E-state index contributed by atoms with van der Waals surface area (Å²) in [7, 11) is -3.87. The molecule has 0 aliphatic rings. The van der Waals surface area contributed by atoms with Gasteiger partial charge in [-0.15, -0.1) is 0 Å². The van der Waals surface area contributed by atoms with Crippen molar-refractivity contribution in [3.8, 4) is 0 Å². The van der Waals surface area contributed by atoms with Crippen LogP contribution in [0.3, 0.4) is 0 Å². The topological polar surface area (TPSA) is 64.6 Å². The third kappa shape index (κ3) is 20.3. The zero-order chi connectivity index (χ0) is 23.1. The molecule has 0 radical (unpaired) electrons. The Kier molecular flexibility index (Phi) is 16.3. The first kappa shape index (κ1) is 30.4. The van der Waals surface area contributed by atoms with E-state index in [1.165, 1.54) is 0 Å². The summed E-state index contributed by atoms with van der Waals surface area (Å²) in [5, 5.41) is 0. The molecule has 0 aliphatic carbocycles. The minimum Gasteiger partial charge on any atom is -0.437 e. The largest absolute Gasteiger partial charge is 0.437 e. The van der Waals surface area contributed by atoms with E-state index in [-0.39, 0.29) is 0 Å². The zero-order valence-corrected chi connectivity index (χ0v) is 24.0. The Bertz CT molecular complexity index is 398. The number of hydrogen-bond donors (Lipinski definition) is 0. The fourth-order valence-electron chi connectivity index (χ4n) is 3.18. The molecule has 0 amide bonds. The first-order valence-corrected chi connectivity index (χ1v) is 20.4. The van der Waals surface area contributed by atoms with Crippen LogP contribution in [-0.4, -0.2) is 91.8 Å². The molecule has 0 aromatic rings. The van der Waals surface area contributed by atoms with Crippen LogP contribution in [0.2, 0.25) is 51.9 Å². The molecule has 1 atom stereocenters. The average Bonchev–Trinajstić information content (AvgIpc) is 2.55. The van der Waals surface area contributed by atoms with E-state index in [1.807, 2.05) is 0 Å². The maximum Gasteiger partial charge on any atom is 0.314 e. The maximum atomic E-state index is 6.57. The second-order valence-electron chi connectivity index (χ2n) is 9.78. The quantitative estimate of drug-likeness (QED) is 0.190. The van der Waals surface area contributed by atoms with E-state index in [0.717, 1.165) is 6.04 Å². The molecule has 0 bridgehead atoms. The molecule has 0 aromatic carbocycles. The third-order valence-corrected chi connectivity index (χ3v) is 13.5. The number of methoxy groups -OCH3 is 1. The minimum absolute atomic E-state index is 0.399. The Morgan fingerprint density at radius 1 is 0.567 bits per heavy atom. The number of ether oxygens (including phenoxy) is 5. The van der Waals surface area contributed by atoms with Crippen LogP contribution in [0, 0.1) is 5.92 Å². The van der Waals surface area contributed by atoms with Crippen molar-refractivity contribution in [3.63, 3.8) is 0 Å². The van der Waals surface area contributed by atoms with Gasteiger partial charge in [0.2, 0.25) is 0 Å². The average molecular weight is 485 g/mol. The van der Waals surface area contributed by atoms with E-state index >= 15 is 0 Å². The summed E-state index contributed by atoms with van der Waals surface area (Å²) in [6.45, 7) is 23.2. The second-order valence-corrected chi connectivity index (χ2v) is 22.5. The van der Waals surface area contributed by atoms with Gasteiger partial charge in [0, 0.05) is 13.7 Å². The molecule has 0 rings (SSSR count). The SMILES string of the molecule is COCCOCCOCCOCCOCC(C)C[Si](C)(O[Si](C)(C)C)O[Si](C)(C)C. The summed E-state index contributed by atoms with van der Waals surface area (Å²) in [4.78, 5) is 0. The normalized spacial score (nSPS) is 14.3. The molecule has 0 N–H and O–H groups in total. The minimum atomic E-state index is -2.21. The molecule has 182 valence electrons. The van der Waals surface area contributed by atoms with E-state index in [0.29, 0.717) is 65.4 Å². The lowest BCUT2D eigenvalue weighted by Gasteiger charge is -2.39. The van der Waals surface area contributed by atoms with E-state index in [4.69, 9.17) is 31.9 Å². The van der Waals surface area contributed by atoms with Crippen molar-refractivity contribution in [2.75, 3.05) is 66.6 Å². The van der Waals surface area contributed by atoms with Crippen molar-refractivity contribution in [1.29, 1.82) is 0 Å². The first-order valence-electron chi connectivity index (χ1n) is 11.1. The molecule has 0 saturated heterocycles. The lowest BCUT2D eigenvalue weighted by Crippen LogP contribution is -2.53. The van der Waals surface area contributed by atoms with Gasteiger partial charge in [0.05, 0.1) is 52.9 Å². The Balaban J connectivity index is 3.89. The predicted molar refractivity (Wildman–Crippen MR) is 130 cm³/mol. The summed E-state index contributed by atoms with van der Waals surface area (Å²) >= 11 is 0. The Labute approximate surface area is 188 Å². The van der Waals surface area contributed by atoms with Gasteiger partial charge in [0.1, 0.15) is 0 Å². The summed E-state index contributed by atoms with van der Waals surface area (Å²) in [5.41, 5.74) is 0. The van der Waals surface area contributed by atoms with Crippen LogP contribution in [-0.2, 0) is 31.9 Å². The van der Waals surface area contributed by atoms with Crippen LogP contribution >= 0.6 is 0 Å². The van der Waals surface area contributed by atoms with Crippen molar-refractivity contribution in [3.05, 3.63) is 0 Å². The third-order valence-electron chi connectivity index (χ3n) is 3.71. The summed E-state index contributed by atoms with van der Waals surface area (Å²) < 4.78 is 40.2. The standard InChI is InChI=1S/C20H48O7Si3/c1-20(19-30(9,26-28(3,4)5)27-29(6,7)8)18-25-17-16-24-15-14-23-13-12-22-11-10-21-2/h20H,10-19H2,1-9H3. The zero-order valence-electron chi connectivity index (χ0n) is 21.0. The Hall–Kier alpha value is 0.371. The summed E-state index contributed by atoms with van der Waals surface area (Å²) in [6.07, 6.45) is 0. The van der Waals surface area contributed by atoms with Crippen molar-refractivity contribution < 1.29 is 31.9 Å². The molecule has 7 nitrogen and oxygen atoms in total. The van der Waals surface area contributed by atoms with E-state index in [9.17, 15) is 0 Å². The van der Waals surface area contributed by atoms with Gasteiger partial charge in [0.25, 0.3) is 0 Å². The van der Waals surface area contributed by atoms with Gasteiger partial charge in [-0.25, -0.2) is 0 Å². The van der Waals surface area contributed by atoms with Crippen LogP contribution in [0.5, 0.6) is 0 Å².